The van der Waals surface area contributed by atoms with Gasteiger partial charge in [0.1, 0.15) is 11.5 Å². The fourth-order valence-electron chi connectivity index (χ4n) is 2.39. The Balaban J connectivity index is 2.20. The van der Waals surface area contributed by atoms with Crippen LogP contribution in [0.15, 0.2) is 36.7 Å². The second kappa shape index (κ2) is 7.23. The Bertz CT molecular complexity index is 594. The van der Waals surface area contributed by atoms with Gasteiger partial charge in [0.25, 0.3) is 0 Å². The first kappa shape index (κ1) is 15.5. The van der Waals surface area contributed by atoms with Crippen molar-refractivity contribution in [2.24, 2.45) is 0 Å². The van der Waals surface area contributed by atoms with E-state index >= 15 is 0 Å². The van der Waals surface area contributed by atoms with Crippen molar-refractivity contribution in [3.63, 3.8) is 0 Å². The molecule has 1 aromatic heterocycles. The van der Waals surface area contributed by atoms with Crippen LogP contribution in [-0.4, -0.2) is 11.5 Å². The molecule has 0 fully saturated rings. The number of ether oxygens (including phenoxy) is 1. The summed E-state index contributed by atoms with van der Waals surface area (Å²) in [6, 6.07) is 8.21. The van der Waals surface area contributed by atoms with Gasteiger partial charge in [-0.3, -0.25) is 4.98 Å². The number of hydrogen-bond donors (Lipinski definition) is 1. The van der Waals surface area contributed by atoms with Crippen molar-refractivity contribution in [2.75, 3.05) is 6.54 Å². The van der Waals surface area contributed by atoms with Gasteiger partial charge in [-0.1, -0.05) is 26.8 Å². The minimum Gasteiger partial charge on any atom is -0.457 e. The monoisotopic (exact) mass is 284 g/mol. The Morgan fingerprint density at radius 1 is 1.24 bits per heavy atom. The van der Waals surface area contributed by atoms with E-state index in [0.717, 1.165) is 30.2 Å². The van der Waals surface area contributed by atoms with Crippen LogP contribution in [0.4, 0.5) is 0 Å². The standard InChI is InChI=1S/C18H24N2O/c1-5-19-11-15-12-20-9-8-18(15)21-16-6-7-17(13(2)3)14(4)10-16/h6-10,12-13,19H,5,11H2,1-4H3. The lowest BCUT2D eigenvalue weighted by Crippen LogP contribution is -2.12. The lowest BCUT2D eigenvalue weighted by atomic mass is 9.98. The molecule has 0 aliphatic rings. The molecule has 0 radical (unpaired) electrons. The summed E-state index contributed by atoms with van der Waals surface area (Å²) in [5.41, 5.74) is 3.71. The summed E-state index contributed by atoms with van der Waals surface area (Å²) in [4.78, 5) is 4.17. The third-order valence-electron chi connectivity index (χ3n) is 3.52. The maximum absolute atomic E-state index is 6.04. The number of rotatable bonds is 6. The second-order valence-electron chi connectivity index (χ2n) is 5.54. The maximum atomic E-state index is 6.04. The highest BCUT2D eigenvalue weighted by atomic mass is 16.5. The van der Waals surface area contributed by atoms with Crippen LogP contribution in [0.5, 0.6) is 11.5 Å². The zero-order chi connectivity index (χ0) is 15.2. The highest BCUT2D eigenvalue weighted by Crippen LogP contribution is 2.28. The third-order valence-corrected chi connectivity index (χ3v) is 3.52. The van der Waals surface area contributed by atoms with Crippen molar-refractivity contribution < 1.29 is 4.74 Å². The highest BCUT2D eigenvalue weighted by molar-refractivity contribution is 5.40. The molecule has 1 aromatic carbocycles. The number of aromatic nitrogens is 1. The number of aryl methyl sites for hydroxylation is 1. The molecular formula is C18H24N2O. The Hall–Kier alpha value is -1.87. The second-order valence-corrected chi connectivity index (χ2v) is 5.54. The van der Waals surface area contributed by atoms with Crippen LogP contribution in [-0.2, 0) is 6.54 Å². The van der Waals surface area contributed by atoms with Gasteiger partial charge in [-0.15, -0.1) is 0 Å². The summed E-state index contributed by atoms with van der Waals surface area (Å²) in [5.74, 6) is 2.27. The van der Waals surface area contributed by atoms with Crippen molar-refractivity contribution in [3.8, 4) is 11.5 Å². The van der Waals surface area contributed by atoms with Gasteiger partial charge in [0.2, 0.25) is 0 Å². The van der Waals surface area contributed by atoms with Crippen LogP contribution in [0.2, 0.25) is 0 Å². The Morgan fingerprint density at radius 2 is 2.05 bits per heavy atom. The van der Waals surface area contributed by atoms with Crippen LogP contribution in [0, 0.1) is 6.92 Å². The average molecular weight is 284 g/mol. The Labute approximate surface area is 127 Å². The van der Waals surface area contributed by atoms with Gasteiger partial charge in [-0.2, -0.15) is 0 Å². The lowest BCUT2D eigenvalue weighted by Gasteiger charge is -2.14. The molecule has 0 bridgehead atoms. The normalized spacial score (nSPS) is 10.9. The smallest absolute Gasteiger partial charge is 0.134 e. The molecule has 0 aliphatic heterocycles. The first-order valence-electron chi connectivity index (χ1n) is 7.53. The molecule has 1 N–H and O–H groups in total. The molecule has 3 heteroatoms. The van der Waals surface area contributed by atoms with E-state index in [1.165, 1.54) is 11.1 Å². The summed E-state index contributed by atoms with van der Waals surface area (Å²) in [7, 11) is 0. The van der Waals surface area contributed by atoms with Gasteiger partial charge < -0.3 is 10.1 Å². The zero-order valence-corrected chi connectivity index (χ0v) is 13.3. The van der Waals surface area contributed by atoms with Gasteiger partial charge in [-0.05, 0) is 48.7 Å². The molecule has 2 rings (SSSR count). The zero-order valence-electron chi connectivity index (χ0n) is 13.3. The first-order valence-corrected chi connectivity index (χ1v) is 7.53. The lowest BCUT2D eigenvalue weighted by molar-refractivity contribution is 0.471. The minimum atomic E-state index is 0.532. The number of nitrogens with one attached hydrogen (secondary N) is 1. The highest BCUT2D eigenvalue weighted by Gasteiger charge is 2.08. The molecular weight excluding hydrogens is 260 g/mol. The van der Waals surface area contributed by atoms with Gasteiger partial charge in [0.15, 0.2) is 0 Å². The molecule has 2 aromatic rings. The molecule has 0 unspecified atom stereocenters. The quantitative estimate of drug-likeness (QED) is 0.853. The van der Waals surface area contributed by atoms with Gasteiger partial charge in [0, 0.05) is 24.5 Å². The summed E-state index contributed by atoms with van der Waals surface area (Å²) < 4.78 is 6.04. The minimum absolute atomic E-state index is 0.532. The largest absolute Gasteiger partial charge is 0.457 e. The predicted molar refractivity (Wildman–Crippen MR) is 87.0 cm³/mol. The topological polar surface area (TPSA) is 34.2 Å². The molecule has 0 spiro atoms. The molecule has 0 aliphatic carbocycles. The van der Waals surface area contributed by atoms with Crippen LogP contribution in [0.25, 0.3) is 0 Å². The fourth-order valence-corrected chi connectivity index (χ4v) is 2.39. The average Bonchev–Trinajstić information content (AvgIpc) is 2.46. The number of pyridine rings is 1. The number of hydrogen-bond acceptors (Lipinski definition) is 3. The summed E-state index contributed by atoms with van der Waals surface area (Å²) in [6.45, 7) is 10.3. The van der Waals surface area contributed by atoms with E-state index in [4.69, 9.17) is 4.74 Å². The summed E-state index contributed by atoms with van der Waals surface area (Å²) in [5, 5.41) is 3.31. The van der Waals surface area contributed by atoms with E-state index in [-0.39, 0.29) is 0 Å². The van der Waals surface area contributed by atoms with Crippen molar-refractivity contribution in [1.82, 2.24) is 10.3 Å². The van der Waals surface area contributed by atoms with Crippen LogP contribution >= 0.6 is 0 Å². The summed E-state index contributed by atoms with van der Waals surface area (Å²) >= 11 is 0. The van der Waals surface area contributed by atoms with Crippen molar-refractivity contribution in [1.29, 1.82) is 0 Å². The van der Waals surface area contributed by atoms with Gasteiger partial charge in [0.05, 0.1) is 0 Å². The van der Waals surface area contributed by atoms with Crippen molar-refractivity contribution in [3.05, 3.63) is 53.3 Å². The SMILES string of the molecule is CCNCc1cnccc1Oc1ccc(C(C)C)c(C)c1. The Morgan fingerprint density at radius 3 is 2.71 bits per heavy atom. The van der Waals surface area contributed by atoms with E-state index in [9.17, 15) is 0 Å². The predicted octanol–water partition coefficient (Wildman–Crippen LogP) is 4.42. The van der Waals surface area contributed by atoms with E-state index in [0.29, 0.717) is 5.92 Å². The molecule has 1 heterocycles. The fraction of sp³-hybridized carbons (Fsp3) is 0.389. The summed E-state index contributed by atoms with van der Waals surface area (Å²) in [6.07, 6.45) is 3.62. The van der Waals surface area contributed by atoms with Gasteiger partial charge in [-0.25, -0.2) is 0 Å². The molecule has 3 nitrogen and oxygen atoms in total. The molecule has 0 saturated heterocycles. The Kier molecular flexibility index (Phi) is 5.34. The third kappa shape index (κ3) is 4.05. The molecule has 0 atom stereocenters. The number of nitrogens with zero attached hydrogens (tertiary/aromatic N) is 1. The number of benzene rings is 1. The molecule has 0 amide bonds. The van der Waals surface area contributed by atoms with E-state index in [2.05, 4.69) is 50.1 Å². The van der Waals surface area contributed by atoms with Crippen LogP contribution in [0.3, 0.4) is 0 Å². The van der Waals surface area contributed by atoms with Crippen molar-refractivity contribution >= 4 is 0 Å². The van der Waals surface area contributed by atoms with Gasteiger partial charge >= 0.3 is 0 Å². The van der Waals surface area contributed by atoms with E-state index in [1.807, 2.05) is 18.3 Å². The van der Waals surface area contributed by atoms with E-state index < -0.39 is 0 Å². The maximum Gasteiger partial charge on any atom is 0.134 e. The van der Waals surface area contributed by atoms with E-state index in [1.54, 1.807) is 6.20 Å². The van der Waals surface area contributed by atoms with Crippen LogP contribution in [0.1, 0.15) is 43.4 Å². The molecule has 112 valence electrons. The van der Waals surface area contributed by atoms with Crippen LogP contribution < -0.4 is 10.1 Å². The molecule has 0 saturated carbocycles. The first-order chi connectivity index (χ1) is 10.1. The molecule has 21 heavy (non-hydrogen) atoms. The van der Waals surface area contributed by atoms with Crippen molar-refractivity contribution in [2.45, 2.75) is 40.2 Å².